The van der Waals surface area contributed by atoms with E-state index in [4.69, 9.17) is 16.3 Å². The lowest BCUT2D eigenvalue weighted by atomic mass is 10.2. The molecule has 0 heterocycles. The average Bonchev–Trinajstić information content (AvgIpc) is 2.69. The largest absolute Gasteiger partial charge is 0.489 e. The summed E-state index contributed by atoms with van der Waals surface area (Å²) in [4.78, 5) is 12.1. The number of carbonyl (C=O) groups is 1. The van der Waals surface area contributed by atoms with E-state index in [0.717, 1.165) is 22.6 Å². The van der Waals surface area contributed by atoms with Gasteiger partial charge in [-0.2, -0.15) is 0 Å². The number of halogens is 1. The van der Waals surface area contributed by atoms with E-state index >= 15 is 0 Å². The molecule has 0 aliphatic heterocycles. The normalized spacial score (nSPS) is 10.3. The first-order chi connectivity index (χ1) is 13.1. The summed E-state index contributed by atoms with van der Waals surface area (Å²) in [5.74, 6) is 0.641. The van der Waals surface area contributed by atoms with Crippen molar-refractivity contribution in [2.45, 2.75) is 13.5 Å². The lowest BCUT2D eigenvalue weighted by Gasteiger charge is -2.10. The standard InChI is InChI=1S/C22H21ClN2O2/c1-16-7-8-19(13-21(16)23)25-22(26)14-24-18-9-11-20(12-10-18)27-15-17-5-3-2-4-6-17/h2-13,24H,14-15H2,1H3,(H,25,26). The predicted molar refractivity (Wildman–Crippen MR) is 111 cm³/mol. The molecular weight excluding hydrogens is 360 g/mol. The Labute approximate surface area is 164 Å². The molecule has 0 unspecified atom stereocenters. The van der Waals surface area contributed by atoms with E-state index in [1.165, 1.54) is 0 Å². The van der Waals surface area contributed by atoms with Crippen molar-refractivity contribution in [2.75, 3.05) is 17.2 Å². The molecule has 1 amide bonds. The molecule has 0 atom stereocenters. The minimum Gasteiger partial charge on any atom is -0.489 e. The quantitative estimate of drug-likeness (QED) is 0.586. The minimum absolute atomic E-state index is 0.140. The summed E-state index contributed by atoms with van der Waals surface area (Å²) in [5, 5.41) is 6.54. The van der Waals surface area contributed by atoms with Gasteiger partial charge in [-0.15, -0.1) is 0 Å². The number of ether oxygens (including phenoxy) is 1. The van der Waals surface area contributed by atoms with E-state index in [0.29, 0.717) is 17.3 Å². The Kier molecular flexibility index (Phi) is 6.34. The van der Waals surface area contributed by atoms with Crippen LogP contribution in [-0.4, -0.2) is 12.5 Å². The molecule has 0 aliphatic carbocycles. The monoisotopic (exact) mass is 380 g/mol. The molecule has 0 aromatic heterocycles. The molecule has 5 heteroatoms. The first-order valence-electron chi connectivity index (χ1n) is 8.67. The van der Waals surface area contributed by atoms with Crippen LogP contribution >= 0.6 is 11.6 Å². The smallest absolute Gasteiger partial charge is 0.243 e. The molecule has 3 aromatic carbocycles. The number of aryl methyl sites for hydroxylation is 1. The molecule has 3 aromatic rings. The zero-order valence-corrected chi connectivity index (χ0v) is 15.8. The molecule has 4 nitrogen and oxygen atoms in total. The highest BCUT2D eigenvalue weighted by Crippen LogP contribution is 2.20. The Morgan fingerprint density at radius 3 is 2.37 bits per heavy atom. The first kappa shape index (κ1) is 18.8. The first-order valence-corrected chi connectivity index (χ1v) is 9.04. The number of anilines is 2. The van der Waals surface area contributed by atoms with E-state index in [-0.39, 0.29) is 12.5 Å². The zero-order chi connectivity index (χ0) is 19.1. The Morgan fingerprint density at radius 1 is 0.963 bits per heavy atom. The van der Waals surface area contributed by atoms with Crippen LogP contribution in [0.4, 0.5) is 11.4 Å². The second-order valence-corrected chi connectivity index (χ2v) is 6.57. The number of benzene rings is 3. The topological polar surface area (TPSA) is 50.4 Å². The third-order valence-corrected chi connectivity index (χ3v) is 4.42. The molecule has 0 bridgehead atoms. The van der Waals surface area contributed by atoms with Gasteiger partial charge in [0, 0.05) is 16.4 Å². The third kappa shape index (κ3) is 5.76. The molecule has 0 fully saturated rings. The van der Waals surface area contributed by atoms with E-state index in [1.807, 2.05) is 73.7 Å². The number of hydrogen-bond acceptors (Lipinski definition) is 3. The maximum absolute atomic E-state index is 12.1. The van der Waals surface area contributed by atoms with Gasteiger partial charge in [0.1, 0.15) is 12.4 Å². The van der Waals surface area contributed by atoms with Gasteiger partial charge in [-0.1, -0.05) is 48.0 Å². The summed E-state index contributed by atoms with van der Waals surface area (Å²) in [6.45, 7) is 2.60. The second kappa shape index (κ2) is 9.10. The summed E-state index contributed by atoms with van der Waals surface area (Å²) in [5.41, 5.74) is 3.62. The predicted octanol–water partition coefficient (Wildman–Crippen LogP) is 5.28. The Balaban J connectivity index is 1.46. The molecule has 27 heavy (non-hydrogen) atoms. The van der Waals surface area contributed by atoms with Gasteiger partial charge >= 0.3 is 0 Å². The van der Waals surface area contributed by atoms with Crippen LogP contribution in [0.25, 0.3) is 0 Å². The number of carbonyl (C=O) groups excluding carboxylic acids is 1. The fraction of sp³-hybridized carbons (Fsp3) is 0.136. The van der Waals surface area contributed by atoms with Crippen molar-refractivity contribution in [1.82, 2.24) is 0 Å². The summed E-state index contributed by atoms with van der Waals surface area (Å²) < 4.78 is 5.75. The molecular formula is C22H21ClN2O2. The van der Waals surface area contributed by atoms with Crippen LogP contribution in [0.5, 0.6) is 5.75 Å². The maximum atomic E-state index is 12.1. The third-order valence-electron chi connectivity index (χ3n) is 4.01. The fourth-order valence-corrected chi connectivity index (χ4v) is 2.65. The summed E-state index contributed by atoms with van der Waals surface area (Å²) in [6.07, 6.45) is 0. The Bertz CT molecular complexity index is 896. The molecule has 3 rings (SSSR count). The SMILES string of the molecule is Cc1ccc(NC(=O)CNc2ccc(OCc3ccccc3)cc2)cc1Cl. The second-order valence-electron chi connectivity index (χ2n) is 6.16. The van der Waals surface area contributed by atoms with Crippen LogP contribution < -0.4 is 15.4 Å². The molecule has 2 N–H and O–H groups in total. The van der Waals surface area contributed by atoms with Crippen LogP contribution in [0, 0.1) is 6.92 Å². The molecule has 0 aliphatic rings. The van der Waals surface area contributed by atoms with E-state index in [9.17, 15) is 4.79 Å². The van der Waals surface area contributed by atoms with Gasteiger partial charge in [0.2, 0.25) is 5.91 Å². The van der Waals surface area contributed by atoms with Crippen molar-refractivity contribution in [2.24, 2.45) is 0 Å². The fourth-order valence-electron chi connectivity index (χ4n) is 2.47. The van der Waals surface area contributed by atoms with Crippen LogP contribution in [0.1, 0.15) is 11.1 Å². The number of nitrogens with one attached hydrogen (secondary N) is 2. The Hall–Kier alpha value is -2.98. The Morgan fingerprint density at radius 2 is 1.67 bits per heavy atom. The highest BCUT2D eigenvalue weighted by atomic mass is 35.5. The van der Waals surface area contributed by atoms with Gasteiger partial charge in [-0.05, 0) is 54.4 Å². The highest BCUT2D eigenvalue weighted by molar-refractivity contribution is 6.31. The van der Waals surface area contributed by atoms with Crippen molar-refractivity contribution in [3.05, 3.63) is 88.9 Å². The molecule has 0 radical (unpaired) electrons. The van der Waals surface area contributed by atoms with Crippen LogP contribution in [-0.2, 0) is 11.4 Å². The minimum atomic E-state index is -0.140. The van der Waals surface area contributed by atoms with Gasteiger partial charge in [0.25, 0.3) is 0 Å². The lowest BCUT2D eigenvalue weighted by Crippen LogP contribution is -2.21. The van der Waals surface area contributed by atoms with E-state index in [1.54, 1.807) is 6.07 Å². The van der Waals surface area contributed by atoms with Gasteiger partial charge in [0.15, 0.2) is 0 Å². The molecule has 138 valence electrons. The summed E-state index contributed by atoms with van der Waals surface area (Å²) in [7, 11) is 0. The van der Waals surface area contributed by atoms with Crippen molar-refractivity contribution in [3.8, 4) is 5.75 Å². The molecule has 0 spiro atoms. The summed E-state index contributed by atoms with van der Waals surface area (Å²) >= 11 is 6.07. The van der Waals surface area contributed by atoms with Gasteiger partial charge < -0.3 is 15.4 Å². The summed E-state index contributed by atoms with van der Waals surface area (Å²) in [6, 6.07) is 23.0. The van der Waals surface area contributed by atoms with Gasteiger partial charge in [-0.25, -0.2) is 0 Å². The highest BCUT2D eigenvalue weighted by Gasteiger charge is 2.04. The van der Waals surface area contributed by atoms with Crippen LogP contribution in [0.2, 0.25) is 5.02 Å². The zero-order valence-electron chi connectivity index (χ0n) is 15.0. The lowest BCUT2D eigenvalue weighted by molar-refractivity contribution is -0.114. The van der Waals surface area contributed by atoms with Crippen molar-refractivity contribution in [3.63, 3.8) is 0 Å². The number of rotatable bonds is 7. The van der Waals surface area contributed by atoms with Crippen molar-refractivity contribution in [1.29, 1.82) is 0 Å². The van der Waals surface area contributed by atoms with Crippen LogP contribution in [0.15, 0.2) is 72.8 Å². The number of amides is 1. The van der Waals surface area contributed by atoms with Crippen molar-refractivity contribution >= 4 is 28.9 Å². The maximum Gasteiger partial charge on any atom is 0.243 e. The number of hydrogen-bond donors (Lipinski definition) is 2. The molecule has 0 saturated carbocycles. The van der Waals surface area contributed by atoms with Gasteiger partial charge in [-0.3, -0.25) is 4.79 Å². The van der Waals surface area contributed by atoms with E-state index < -0.39 is 0 Å². The van der Waals surface area contributed by atoms with Gasteiger partial charge in [0.05, 0.1) is 6.54 Å². The van der Waals surface area contributed by atoms with Crippen LogP contribution in [0.3, 0.4) is 0 Å². The molecule has 0 saturated heterocycles. The average molecular weight is 381 g/mol. The van der Waals surface area contributed by atoms with E-state index in [2.05, 4.69) is 10.6 Å². The van der Waals surface area contributed by atoms with Crippen molar-refractivity contribution < 1.29 is 9.53 Å².